The van der Waals surface area contributed by atoms with Crippen LogP contribution in [-0.2, 0) is 0 Å². The lowest BCUT2D eigenvalue weighted by molar-refractivity contribution is 0.848. The average molecular weight is 708 g/mol. The van der Waals surface area contributed by atoms with Crippen LogP contribution in [0.2, 0.25) is 0 Å². The largest absolute Gasteiger partial charge is 0.389 e. The van der Waals surface area contributed by atoms with Crippen LogP contribution in [0, 0.1) is 6.92 Å². The van der Waals surface area contributed by atoms with E-state index in [0.717, 1.165) is 31.3 Å². The Kier molecular flexibility index (Phi) is 18.8. The fourth-order valence-electron chi connectivity index (χ4n) is 3.66. The molecule has 0 aliphatic heterocycles. The molecule has 0 aliphatic rings. The maximum atomic E-state index is 5.59. The van der Waals surface area contributed by atoms with Gasteiger partial charge < -0.3 is 28.7 Å². The Labute approximate surface area is 301 Å². The number of hydrogen-bond donors (Lipinski definition) is 5. The highest BCUT2D eigenvalue weighted by Gasteiger charge is 2.03. The maximum absolute atomic E-state index is 5.59. The zero-order valence-corrected chi connectivity index (χ0v) is 32.6. The number of nitrogen functional groups attached to an aromatic ring is 5. The number of aromatic nitrogens is 6. The Morgan fingerprint density at radius 2 is 0.939 bits per heavy atom. The summed E-state index contributed by atoms with van der Waals surface area (Å²) in [5.41, 5.74) is 31.9. The predicted octanol–water partition coefficient (Wildman–Crippen LogP) is 8.76. The number of rotatable bonds is 5. The first-order valence-electron chi connectivity index (χ1n) is 16.3. The first-order valence-corrected chi connectivity index (χ1v) is 18.0. The minimum atomic E-state index is 0.337. The van der Waals surface area contributed by atoms with E-state index in [-0.39, 0.29) is 0 Å². The van der Waals surface area contributed by atoms with Crippen molar-refractivity contribution in [3.8, 4) is 0 Å². The van der Waals surface area contributed by atoms with Crippen LogP contribution in [0.5, 0.6) is 0 Å². The van der Waals surface area contributed by atoms with Gasteiger partial charge in [0.2, 0.25) is 5.95 Å². The Balaban J connectivity index is 0.000000307. The zero-order chi connectivity index (χ0) is 37.3. The van der Waals surface area contributed by atoms with Crippen LogP contribution in [0.3, 0.4) is 0 Å². The lowest BCUT2D eigenvalue weighted by Gasteiger charge is -2.06. The van der Waals surface area contributed by atoms with Gasteiger partial charge in [-0.15, -0.1) is 22.7 Å². The smallest absolute Gasteiger partial charge is 0.219 e. The summed E-state index contributed by atoms with van der Waals surface area (Å²) in [4.78, 5) is 23.9. The number of aryl methyl sites for hydroxylation is 1. The van der Waals surface area contributed by atoms with Crippen LogP contribution in [0.4, 0.5) is 27.6 Å². The normalized spacial score (nSPS) is 10.4. The van der Waals surface area contributed by atoms with Gasteiger partial charge in [-0.3, -0.25) is 0 Å². The van der Waals surface area contributed by atoms with Crippen molar-refractivity contribution < 1.29 is 0 Å². The summed E-state index contributed by atoms with van der Waals surface area (Å²) in [7, 11) is 0. The van der Waals surface area contributed by atoms with Gasteiger partial charge in [0.1, 0.15) is 21.6 Å². The SMILES string of the molecule is CC(C)c1ccnc(N)c1.CC(C)c1cnc(N)nc1.CC(C)c1ncc(N)s1.CC(C)c1ncc(N)s1.Cc1cc(C(C)C)cc(N)n1. The summed E-state index contributed by atoms with van der Waals surface area (Å²) in [5, 5.41) is 3.84. The summed E-state index contributed by atoms with van der Waals surface area (Å²) in [5.74, 6) is 4.11. The van der Waals surface area contributed by atoms with Crippen molar-refractivity contribution in [1.29, 1.82) is 0 Å². The maximum Gasteiger partial charge on any atom is 0.219 e. The molecule has 0 saturated carbocycles. The van der Waals surface area contributed by atoms with Gasteiger partial charge in [0.15, 0.2) is 0 Å². The van der Waals surface area contributed by atoms with Gasteiger partial charge >= 0.3 is 0 Å². The lowest BCUT2D eigenvalue weighted by atomic mass is 10.0. The zero-order valence-electron chi connectivity index (χ0n) is 31.0. The first kappa shape index (κ1) is 42.7. The summed E-state index contributed by atoms with van der Waals surface area (Å²) in [6.07, 6.45) is 8.67. The molecule has 11 nitrogen and oxygen atoms in total. The monoisotopic (exact) mass is 707 g/mol. The molecule has 0 unspecified atom stereocenters. The van der Waals surface area contributed by atoms with Crippen LogP contribution in [0.1, 0.15) is 131 Å². The van der Waals surface area contributed by atoms with E-state index in [1.165, 1.54) is 11.1 Å². The second-order valence-corrected chi connectivity index (χ2v) is 15.0. The lowest BCUT2D eigenvalue weighted by Crippen LogP contribution is -1.96. The second-order valence-electron chi connectivity index (χ2n) is 12.8. The molecule has 0 amide bonds. The molecule has 5 aromatic rings. The van der Waals surface area contributed by atoms with E-state index in [0.29, 0.717) is 47.2 Å². The number of nitrogens with zero attached hydrogens (tertiary/aromatic N) is 6. The molecular formula is C36H57N11S2. The van der Waals surface area contributed by atoms with E-state index in [2.05, 4.69) is 105 Å². The number of thiazole rings is 2. The average Bonchev–Trinajstić information content (AvgIpc) is 3.67. The molecule has 0 bridgehead atoms. The van der Waals surface area contributed by atoms with Crippen molar-refractivity contribution in [2.45, 2.75) is 106 Å². The molecule has 5 aromatic heterocycles. The summed E-state index contributed by atoms with van der Waals surface area (Å²) in [6, 6.07) is 7.89. The van der Waals surface area contributed by atoms with Crippen molar-refractivity contribution >= 4 is 50.3 Å². The minimum absolute atomic E-state index is 0.337. The number of nitrogens with two attached hydrogens (primary N) is 5. The van der Waals surface area contributed by atoms with Gasteiger partial charge in [0.25, 0.3) is 0 Å². The Morgan fingerprint density at radius 1 is 0.490 bits per heavy atom. The number of pyridine rings is 2. The van der Waals surface area contributed by atoms with Crippen LogP contribution in [0.25, 0.3) is 0 Å². The predicted molar refractivity (Wildman–Crippen MR) is 212 cm³/mol. The molecule has 49 heavy (non-hydrogen) atoms. The molecule has 0 spiro atoms. The van der Waals surface area contributed by atoms with E-state index in [9.17, 15) is 0 Å². The molecular weight excluding hydrogens is 651 g/mol. The number of anilines is 5. The van der Waals surface area contributed by atoms with Crippen LogP contribution in [0.15, 0.2) is 55.2 Å². The number of hydrogen-bond acceptors (Lipinski definition) is 13. The Bertz CT molecular complexity index is 1560. The topological polar surface area (TPSA) is 207 Å². The van der Waals surface area contributed by atoms with Crippen LogP contribution >= 0.6 is 22.7 Å². The van der Waals surface area contributed by atoms with Crippen LogP contribution < -0.4 is 28.7 Å². The summed E-state index contributed by atoms with van der Waals surface area (Å²) >= 11 is 3.12. The Hall–Kier alpha value is -4.36. The van der Waals surface area contributed by atoms with Crippen molar-refractivity contribution in [3.05, 3.63) is 87.6 Å². The van der Waals surface area contributed by atoms with E-state index < -0.39 is 0 Å². The Morgan fingerprint density at radius 3 is 1.24 bits per heavy atom. The summed E-state index contributed by atoms with van der Waals surface area (Å²) < 4.78 is 0. The highest BCUT2D eigenvalue weighted by Crippen LogP contribution is 2.23. The van der Waals surface area contributed by atoms with E-state index in [1.807, 2.05) is 25.1 Å². The molecule has 10 N–H and O–H groups in total. The van der Waals surface area contributed by atoms with Crippen molar-refractivity contribution in [2.75, 3.05) is 28.7 Å². The first-order chi connectivity index (χ1) is 22.9. The molecule has 0 fully saturated rings. The van der Waals surface area contributed by atoms with Gasteiger partial charge in [-0.1, -0.05) is 69.2 Å². The molecule has 5 heterocycles. The van der Waals surface area contributed by atoms with Crippen molar-refractivity contribution in [1.82, 2.24) is 29.9 Å². The van der Waals surface area contributed by atoms with E-state index in [1.54, 1.807) is 53.7 Å². The van der Waals surface area contributed by atoms with Crippen molar-refractivity contribution in [3.63, 3.8) is 0 Å². The van der Waals surface area contributed by atoms with Crippen molar-refractivity contribution in [2.24, 2.45) is 0 Å². The quantitative estimate of drug-likeness (QED) is 0.117. The third kappa shape index (κ3) is 17.6. The molecule has 0 aromatic carbocycles. The highest BCUT2D eigenvalue weighted by atomic mass is 32.1. The van der Waals surface area contributed by atoms with Gasteiger partial charge in [-0.2, -0.15) is 0 Å². The van der Waals surface area contributed by atoms with Crippen LogP contribution in [-0.4, -0.2) is 29.9 Å². The summed E-state index contributed by atoms with van der Waals surface area (Å²) in [6.45, 7) is 23.1. The third-order valence-electron chi connectivity index (χ3n) is 6.56. The van der Waals surface area contributed by atoms with Gasteiger partial charge in [0.05, 0.1) is 22.4 Å². The molecule has 0 saturated heterocycles. The molecule has 0 aliphatic carbocycles. The molecule has 5 rings (SSSR count). The van der Waals surface area contributed by atoms with E-state index >= 15 is 0 Å². The second kappa shape index (κ2) is 21.6. The fourth-order valence-corrected chi connectivity index (χ4v) is 5.04. The molecule has 0 radical (unpaired) electrons. The third-order valence-corrected chi connectivity index (χ3v) is 8.82. The fraction of sp³-hybridized carbons (Fsp3) is 0.444. The van der Waals surface area contributed by atoms with E-state index in [4.69, 9.17) is 28.7 Å². The van der Waals surface area contributed by atoms with Gasteiger partial charge in [0, 0.05) is 36.1 Å². The standard InChI is InChI=1S/C9H14N2.C8H12N2.C7H11N3.2C6H10N2S/c1-6(2)8-4-7(3)11-9(10)5-8;1-6(2)7-3-4-10-8(9)5-7;1-5(2)6-3-9-7(8)10-4-6;2*1-4(2)6-8-3-5(7)9-6/h4-6H,1-3H3,(H2,10,11);3-6H,1-2H3,(H2,9,10);3-5H,1-2H3,(H2,8,9,10);2*3-4H,7H2,1-2H3. The highest BCUT2D eigenvalue weighted by molar-refractivity contribution is 7.15. The molecule has 0 atom stereocenters. The minimum Gasteiger partial charge on any atom is -0.389 e. The van der Waals surface area contributed by atoms with Gasteiger partial charge in [-0.25, -0.2) is 29.9 Å². The molecule has 13 heteroatoms. The molecule has 268 valence electrons. The van der Waals surface area contributed by atoms with Gasteiger partial charge in [-0.05, 0) is 65.6 Å².